The number of rotatable bonds is 5. The van der Waals surface area contributed by atoms with Crippen LogP contribution in [0.1, 0.15) is 31.9 Å². The molecule has 0 aromatic heterocycles. The van der Waals surface area contributed by atoms with E-state index in [1.807, 2.05) is 6.07 Å². The van der Waals surface area contributed by atoms with Crippen LogP contribution in [0, 0.1) is 0 Å². The number of ether oxygens (including phenoxy) is 1. The Labute approximate surface area is 146 Å². The van der Waals surface area contributed by atoms with Crippen molar-refractivity contribution in [2.75, 3.05) is 12.0 Å². The van der Waals surface area contributed by atoms with E-state index in [4.69, 9.17) is 4.74 Å². The smallest absolute Gasteiger partial charge is 0.271 e. The zero-order valence-corrected chi connectivity index (χ0v) is 14.6. The fraction of sp³-hybridized carbons (Fsp3) is 0.350. The molecule has 3 atom stereocenters. The van der Waals surface area contributed by atoms with Gasteiger partial charge in [0.1, 0.15) is 17.4 Å². The lowest BCUT2D eigenvalue weighted by Gasteiger charge is -2.56. The van der Waals surface area contributed by atoms with E-state index in [2.05, 4.69) is 0 Å². The zero-order chi connectivity index (χ0) is 18.2. The maximum atomic E-state index is 15.8. The molecule has 25 heavy (non-hydrogen) atoms. The van der Waals surface area contributed by atoms with Crippen LogP contribution in [0.3, 0.4) is 0 Å². The highest BCUT2D eigenvalue weighted by Crippen LogP contribution is 2.54. The van der Waals surface area contributed by atoms with E-state index in [-0.39, 0.29) is 6.42 Å². The largest absolute Gasteiger partial charge is 0.497 e. The van der Waals surface area contributed by atoms with Gasteiger partial charge in [-0.2, -0.15) is 0 Å². The average molecular weight is 343 g/mol. The molecule has 1 aliphatic heterocycles. The van der Waals surface area contributed by atoms with Crippen molar-refractivity contribution in [2.24, 2.45) is 0 Å². The van der Waals surface area contributed by atoms with Crippen LogP contribution in [0.25, 0.3) is 0 Å². The van der Waals surface area contributed by atoms with Crippen molar-refractivity contribution < 1.29 is 19.0 Å². The minimum Gasteiger partial charge on any atom is -0.497 e. The molecule has 1 N–H and O–H groups in total. The minimum atomic E-state index is -2.37. The van der Waals surface area contributed by atoms with Crippen molar-refractivity contribution in [3.8, 4) is 5.75 Å². The highest BCUT2D eigenvalue weighted by Gasteiger charge is 2.70. The number of hydrogen-bond donors (Lipinski definition) is 1. The maximum Gasteiger partial charge on any atom is 0.271 e. The number of carbonyl (C=O) groups excluding carboxylic acids is 1. The molecule has 4 nitrogen and oxygen atoms in total. The Balaban J connectivity index is 2.08. The first-order chi connectivity index (χ1) is 11.9. The van der Waals surface area contributed by atoms with Crippen LogP contribution in [0.2, 0.25) is 0 Å². The summed E-state index contributed by atoms with van der Waals surface area (Å²) in [6.07, 6.45) is 0.134. The SMILES string of the molecule is CCC(C)(O)[C@]1(F)C(=O)N(c2ccc(OC)cc2)[C@H]1c1ccccc1. The van der Waals surface area contributed by atoms with Crippen LogP contribution < -0.4 is 9.64 Å². The Morgan fingerprint density at radius 3 is 2.32 bits per heavy atom. The molecule has 1 fully saturated rings. The maximum absolute atomic E-state index is 15.8. The Kier molecular flexibility index (Phi) is 4.29. The molecule has 2 aromatic carbocycles. The van der Waals surface area contributed by atoms with Crippen LogP contribution in [0.15, 0.2) is 54.6 Å². The van der Waals surface area contributed by atoms with Crippen LogP contribution in [0.4, 0.5) is 10.1 Å². The van der Waals surface area contributed by atoms with Gasteiger partial charge in [0, 0.05) is 5.69 Å². The summed E-state index contributed by atoms with van der Waals surface area (Å²) in [7, 11) is 1.56. The standard InChI is InChI=1S/C20H22FNO3/c1-4-19(2,24)20(21)17(14-8-6-5-7-9-14)22(18(20)23)15-10-12-16(25-3)13-11-15/h5-13,17,24H,4H2,1-3H3/t17-,19?,20+/m0/s1. The van der Waals surface area contributed by atoms with Crippen LogP contribution >= 0.6 is 0 Å². The Bertz CT molecular complexity index is 760. The monoisotopic (exact) mass is 343 g/mol. The van der Waals surface area contributed by atoms with Gasteiger partial charge in [0.15, 0.2) is 0 Å². The van der Waals surface area contributed by atoms with Gasteiger partial charge in [-0.15, -0.1) is 0 Å². The number of anilines is 1. The normalized spacial score (nSPS) is 25.2. The van der Waals surface area contributed by atoms with Gasteiger partial charge in [-0.1, -0.05) is 37.3 Å². The Morgan fingerprint density at radius 1 is 1.20 bits per heavy atom. The molecule has 0 spiro atoms. The summed E-state index contributed by atoms with van der Waals surface area (Å²) >= 11 is 0. The molecule has 132 valence electrons. The van der Waals surface area contributed by atoms with Gasteiger partial charge in [0.2, 0.25) is 5.67 Å². The van der Waals surface area contributed by atoms with E-state index in [1.165, 1.54) is 11.8 Å². The minimum absolute atomic E-state index is 0.134. The number of benzene rings is 2. The van der Waals surface area contributed by atoms with E-state index in [1.54, 1.807) is 62.6 Å². The van der Waals surface area contributed by atoms with Gasteiger partial charge in [-0.25, -0.2) is 4.39 Å². The van der Waals surface area contributed by atoms with E-state index in [0.717, 1.165) is 0 Å². The van der Waals surface area contributed by atoms with Gasteiger partial charge in [0.05, 0.1) is 7.11 Å². The molecule has 0 saturated carbocycles. The number of β-lactam (4-membered cyclic amide) rings is 1. The lowest BCUT2D eigenvalue weighted by molar-refractivity contribution is -0.174. The molecule has 1 aliphatic rings. The van der Waals surface area contributed by atoms with Crippen molar-refractivity contribution in [3.05, 3.63) is 60.2 Å². The summed E-state index contributed by atoms with van der Waals surface area (Å²) in [4.78, 5) is 14.2. The highest BCUT2D eigenvalue weighted by atomic mass is 19.1. The predicted octanol–water partition coefficient (Wildman–Crippen LogP) is 3.65. The fourth-order valence-corrected chi connectivity index (χ4v) is 3.33. The fourth-order valence-electron chi connectivity index (χ4n) is 3.33. The van der Waals surface area contributed by atoms with E-state index >= 15 is 4.39 Å². The number of alkyl halides is 1. The second-order valence-corrected chi connectivity index (χ2v) is 6.53. The van der Waals surface area contributed by atoms with Crippen molar-refractivity contribution in [1.82, 2.24) is 0 Å². The van der Waals surface area contributed by atoms with E-state index < -0.39 is 23.2 Å². The third-order valence-corrected chi connectivity index (χ3v) is 5.10. The summed E-state index contributed by atoms with van der Waals surface area (Å²) in [6, 6.07) is 15.0. The van der Waals surface area contributed by atoms with Crippen molar-refractivity contribution in [1.29, 1.82) is 0 Å². The lowest BCUT2D eigenvalue weighted by Crippen LogP contribution is -2.75. The molecule has 5 heteroatoms. The van der Waals surface area contributed by atoms with Gasteiger partial charge < -0.3 is 9.84 Å². The third kappa shape index (κ3) is 2.50. The molecule has 1 saturated heterocycles. The van der Waals surface area contributed by atoms with Gasteiger partial charge in [-0.3, -0.25) is 9.69 Å². The van der Waals surface area contributed by atoms with Gasteiger partial charge >= 0.3 is 0 Å². The first-order valence-electron chi connectivity index (χ1n) is 8.30. The van der Waals surface area contributed by atoms with Crippen molar-refractivity contribution in [2.45, 2.75) is 37.6 Å². The second kappa shape index (κ2) is 6.15. The molecular weight excluding hydrogens is 321 g/mol. The Morgan fingerprint density at radius 2 is 1.80 bits per heavy atom. The molecule has 0 radical (unpaired) electrons. The average Bonchev–Trinajstić information content (AvgIpc) is 2.65. The lowest BCUT2D eigenvalue weighted by atomic mass is 9.68. The van der Waals surface area contributed by atoms with Gasteiger partial charge in [-0.05, 0) is 43.2 Å². The molecule has 0 bridgehead atoms. The van der Waals surface area contributed by atoms with E-state index in [0.29, 0.717) is 17.0 Å². The number of nitrogens with zero attached hydrogens (tertiary/aromatic N) is 1. The Hall–Kier alpha value is -2.40. The highest BCUT2D eigenvalue weighted by molar-refractivity contribution is 6.09. The molecule has 0 aliphatic carbocycles. The number of methoxy groups -OCH3 is 1. The number of hydrogen-bond acceptors (Lipinski definition) is 3. The van der Waals surface area contributed by atoms with Crippen LogP contribution in [-0.2, 0) is 4.79 Å². The number of aliphatic hydroxyl groups is 1. The molecule has 2 aromatic rings. The third-order valence-electron chi connectivity index (χ3n) is 5.10. The van der Waals surface area contributed by atoms with Gasteiger partial charge in [0.25, 0.3) is 5.91 Å². The van der Waals surface area contributed by atoms with Crippen LogP contribution in [0.5, 0.6) is 5.75 Å². The van der Waals surface area contributed by atoms with E-state index in [9.17, 15) is 9.90 Å². The summed E-state index contributed by atoms with van der Waals surface area (Å²) in [6.45, 7) is 3.05. The molecule has 1 amide bonds. The number of halogens is 1. The second-order valence-electron chi connectivity index (χ2n) is 6.53. The summed E-state index contributed by atoms with van der Waals surface area (Å²) in [5.41, 5.74) is -2.91. The number of amides is 1. The first-order valence-corrected chi connectivity index (χ1v) is 8.30. The summed E-state index contributed by atoms with van der Waals surface area (Å²) in [5, 5.41) is 10.6. The topological polar surface area (TPSA) is 49.8 Å². The zero-order valence-electron chi connectivity index (χ0n) is 14.6. The molecule has 1 unspecified atom stereocenters. The summed E-state index contributed by atoms with van der Waals surface area (Å²) < 4.78 is 21.0. The van der Waals surface area contributed by atoms with Crippen LogP contribution in [-0.4, -0.2) is 29.4 Å². The quantitative estimate of drug-likeness (QED) is 0.843. The van der Waals surface area contributed by atoms with Crippen molar-refractivity contribution in [3.63, 3.8) is 0 Å². The number of carbonyl (C=O) groups is 1. The van der Waals surface area contributed by atoms with Crippen molar-refractivity contribution >= 4 is 11.6 Å². The molecular formula is C20H22FNO3. The molecule has 1 heterocycles. The summed E-state index contributed by atoms with van der Waals surface area (Å²) in [5.74, 6) is -0.0709. The molecule has 3 rings (SSSR count). The first kappa shape index (κ1) is 17.4. The predicted molar refractivity (Wildman–Crippen MR) is 94.4 cm³/mol.